The molecule has 1 amide bonds. The Hall–Kier alpha value is -2.14. The van der Waals surface area contributed by atoms with E-state index in [2.05, 4.69) is 4.72 Å². The molecule has 3 rings (SSSR count). The molecular weight excluding hydrogens is 374 g/mol. The zero-order valence-corrected chi connectivity index (χ0v) is 15.6. The van der Waals surface area contributed by atoms with Crippen molar-refractivity contribution in [3.8, 4) is 0 Å². The minimum absolute atomic E-state index is 0.149. The Morgan fingerprint density at radius 2 is 2.19 bits per heavy atom. The monoisotopic (exact) mass is 397 g/mol. The van der Waals surface area contributed by atoms with Crippen LogP contribution in [0.2, 0.25) is 0 Å². The van der Waals surface area contributed by atoms with Gasteiger partial charge in [0.1, 0.15) is 12.3 Å². The maximum Gasteiger partial charge on any atom is 0.229 e. The van der Waals surface area contributed by atoms with Crippen LogP contribution in [0.1, 0.15) is 24.6 Å². The Labute approximate surface area is 156 Å². The minimum atomic E-state index is -3.43. The molecule has 10 heteroatoms. The van der Waals surface area contributed by atoms with Gasteiger partial charge in [0.25, 0.3) is 0 Å². The van der Waals surface area contributed by atoms with Gasteiger partial charge in [-0.05, 0) is 30.2 Å². The number of carbonyl (C=O) groups excluding carboxylic acids is 1. The van der Waals surface area contributed by atoms with Gasteiger partial charge in [-0.2, -0.15) is 0 Å². The Bertz CT molecular complexity index is 955. The molecule has 1 aromatic carbocycles. The number of aliphatic hydroxyl groups is 2. The van der Waals surface area contributed by atoms with Crippen LogP contribution in [-0.4, -0.2) is 54.2 Å². The summed E-state index contributed by atoms with van der Waals surface area (Å²) < 4.78 is 33.0. The fourth-order valence-corrected chi connectivity index (χ4v) is 3.90. The van der Waals surface area contributed by atoms with Crippen molar-refractivity contribution in [3.63, 3.8) is 0 Å². The SMILES string of the molecule is CS(=O)(=O)Nc1ccc2c(c1)c(CCC(N)=O)cn2C1CC(O)C(CO)O1. The Kier molecular flexibility index (Phi) is 5.43. The minimum Gasteiger partial charge on any atom is -0.394 e. The summed E-state index contributed by atoms with van der Waals surface area (Å²) >= 11 is 0. The number of hydrogen-bond acceptors (Lipinski definition) is 6. The van der Waals surface area contributed by atoms with E-state index in [9.17, 15) is 23.4 Å². The molecule has 9 nitrogen and oxygen atoms in total. The molecule has 3 atom stereocenters. The molecule has 0 saturated carbocycles. The van der Waals surface area contributed by atoms with Crippen LogP contribution >= 0.6 is 0 Å². The van der Waals surface area contributed by atoms with E-state index >= 15 is 0 Å². The summed E-state index contributed by atoms with van der Waals surface area (Å²) in [7, 11) is -3.43. The molecule has 0 bridgehead atoms. The lowest BCUT2D eigenvalue weighted by atomic mass is 10.1. The Morgan fingerprint density at radius 3 is 2.78 bits per heavy atom. The predicted octanol–water partition coefficient (Wildman–Crippen LogP) is 0.0714. The number of anilines is 1. The number of nitrogens with one attached hydrogen (secondary N) is 1. The van der Waals surface area contributed by atoms with E-state index in [0.717, 1.165) is 22.7 Å². The number of fused-ring (bicyclic) bond motifs is 1. The number of benzene rings is 1. The van der Waals surface area contributed by atoms with E-state index in [1.165, 1.54) is 0 Å². The topological polar surface area (TPSA) is 144 Å². The van der Waals surface area contributed by atoms with Crippen molar-refractivity contribution < 1.29 is 28.2 Å². The molecule has 2 heterocycles. The molecule has 0 aliphatic carbocycles. The average molecular weight is 397 g/mol. The molecule has 3 unspecified atom stereocenters. The number of amides is 1. The normalized spacial score (nSPS) is 23.0. The lowest BCUT2D eigenvalue weighted by molar-refractivity contribution is -0.117. The largest absolute Gasteiger partial charge is 0.394 e. The highest BCUT2D eigenvalue weighted by Gasteiger charge is 2.35. The highest BCUT2D eigenvalue weighted by Crippen LogP contribution is 2.35. The summed E-state index contributed by atoms with van der Waals surface area (Å²) in [5.41, 5.74) is 7.24. The Morgan fingerprint density at radius 1 is 1.44 bits per heavy atom. The maximum absolute atomic E-state index is 11.5. The molecule has 27 heavy (non-hydrogen) atoms. The van der Waals surface area contributed by atoms with Gasteiger partial charge in [-0.1, -0.05) is 0 Å². The number of ether oxygens (including phenoxy) is 1. The zero-order valence-electron chi connectivity index (χ0n) is 14.8. The molecule has 0 radical (unpaired) electrons. The number of carbonyl (C=O) groups is 1. The van der Waals surface area contributed by atoms with Crippen molar-refractivity contribution in [1.82, 2.24) is 4.57 Å². The number of sulfonamides is 1. The van der Waals surface area contributed by atoms with Gasteiger partial charge in [-0.3, -0.25) is 9.52 Å². The molecule has 2 aromatic rings. The summed E-state index contributed by atoms with van der Waals surface area (Å²) in [5.74, 6) is -0.436. The van der Waals surface area contributed by atoms with Gasteiger partial charge >= 0.3 is 0 Å². The van der Waals surface area contributed by atoms with E-state index in [1.54, 1.807) is 18.2 Å². The molecule has 1 aliphatic heterocycles. The number of hydrogen-bond donors (Lipinski definition) is 4. The van der Waals surface area contributed by atoms with Crippen molar-refractivity contribution in [2.45, 2.75) is 37.7 Å². The lowest BCUT2D eigenvalue weighted by Crippen LogP contribution is -2.24. The van der Waals surface area contributed by atoms with Crippen molar-refractivity contribution in [3.05, 3.63) is 30.0 Å². The summed E-state index contributed by atoms with van der Waals surface area (Å²) in [6.07, 6.45) is 1.82. The van der Waals surface area contributed by atoms with Crippen molar-refractivity contribution in [1.29, 1.82) is 0 Å². The molecule has 5 N–H and O–H groups in total. The van der Waals surface area contributed by atoms with Crippen molar-refractivity contribution >= 4 is 32.5 Å². The summed E-state index contributed by atoms with van der Waals surface area (Å²) in [6.45, 7) is -0.284. The van der Waals surface area contributed by atoms with Gasteiger partial charge in [-0.25, -0.2) is 8.42 Å². The molecular formula is C17H23N3O6S. The summed E-state index contributed by atoms with van der Waals surface area (Å²) in [6, 6.07) is 5.07. The van der Waals surface area contributed by atoms with Gasteiger partial charge < -0.3 is 25.3 Å². The highest BCUT2D eigenvalue weighted by molar-refractivity contribution is 7.92. The van der Waals surface area contributed by atoms with Crippen LogP contribution in [-0.2, 0) is 26.0 Å². The predicted molar refractivity (Wildman–Crippen MR) is 99.5 cm³/mol. The van der Waals surface area contributed by atoms with Crippen LogP contribution in [0.15, 0.2) is 24.4 Å². The number of aliphatic hydroxyl groups excluding tert-OH is 2. The zero-order chi connectivity index (χ0) is 19.8. The molecule has 1 fully saturated rings. The van der Waals surface area contributed by atoms with E-state index in [0.29, 0.717) is 18.5 Å². The lowest BCUT2D eigenvalue weighted by Gasteiger charge is -2.15. The maximum atomic E-state index is 11.5. The van der Waals surface area contributed by atoms with Gasteiger partial charge in [0, 0.05) is 30.1 Å². The number of rotatable bonds is 7. The first-order valence-electron chi connectivity index (χ1n) is 8.52. The second kappa shape index (κ2) is 7.47. The van der Waals surface area contributed by atoms with Crippen LogP contribution in [0.25, 0.3) is 10.9 Å². The fourth-order valence-electron chi connectivity index (χ4n) is 3.35. The first-order valence-corrected chi connectivity index (χ1v) is 10.4. The van der Waals surface area contributed by atoms with Gasteiger partial charge in [0.05, 0.1) is 24.5 Å². The Balaban J connectivity index is 2.02. The molecule has 0 spiro atoms. The molecule has 1 aliphatic rings. The molecule has 148 valence electrons. The van der Waals surface area contributed by atoms with Crippen LogP contribution in [0.4, 0.5) is 5.69 Å². The first kappa shape index (κ1) is 19.6. The summed E-state index contributed by atoms with van der Waals surface area (Å²) in [4.78, 5) is 11.2. The van der Waals surface area contributed by atoms with Crippen LogP contribution in [0.3, 0.4) is 0 Å². The molecule has 1 aromatic heterocycles. The number of primary amides is 1. The first-order chi connectivity index (χ1) is 12.7. The second-order valence-corrected chi connectivity index (χ2v) is 8.50. The fraction of sp³-hybridized carbons (Fsp3) is 0.471. The quantitative estimate of drug-likeness (QED) is 0.520. The number of nitrogens with two attached hydrogens (primary N) is 1. The standard InChI is InChI=1S/C17H23N3O6S/c1-27(24,25)19-11-3-4-13-12(6-11)10(2-5-16(18)23)8-20(13)17-7-14(22)15(9-21)26-17/h3-4,6,8,14-15,17,19,21-22H,2,5,7,9H2,1H3,(H2,18,23). The van der Waals surface area contributed by atoms with Crippen LogP contribution in [0, 0.1) is 0 Å². The average Bonchev–Trinajstić information content (AvgIpc) is 3.11. The second-order valence-electron chi connectivity index (χ2n) is 6.75. The third-order valence-electron chi connectivity index (χ3n) is 4.55. The smallest absolute Gasteiger partial charge is 0.229 e. The van der Waals surface area contributed by atoms with E-state index in [-0.39, 0.29) is 13.0 Å². The van der Waals surface area contributed by atoms with Crippen molar-refractivity contribution in [2.75, 3.05) is 17.6 Å². The van der Waals surface area contributed by atoms with Crippen molar-refractivity contribution in [2.24, 2.45) is 5.73 Å². The van der Waals surface area contributed by atoms with Crippen LogP contribution < -0.4 is 10.5 Å². The third-order valence-corrected chi connectivity index (χ3v) is 5.16. The highest BCUT2D eigenvalue weighted by atomic mass is 32.2. The number of aryl methyl sites for hydroxylation is 1. The van der Waals surface area contributed by atoms with E-state index in [1.807, 2.05) is 10.8 Å². The van der Waals surface area contributed by atoms with Crippen LogP contribution in [0.5, 0.6) is 0 Å². The molecule has 1 saturated heterocycles. The van der Waals surface area contributed by atoms with Gasteiger partial charge in [0.2, 0.25) is 15.9 Å². The third kappa shape index (κ3) is 4.41. The van der Waals surface area contributed by atoms with Gasteiger partial charge in [0.15, 0.2) is 0 Å². The van der Waals surface area contributed by atoms with Gasteiger partial charge in [-0.15, -0.1) is 0 Å². The number of aromatic nitrogens is 1. The summed E-state index contributed by atoms with van der Waals surface area (Å²) in [5, 5.41) is 20.1. The number of nitrogens with zero attached hydrogens (tertiary/aromatic N) is 1. The van der Waals surface area contributed by atoms with E-state index in [4.69, 9.17) is 10.5 Å². The van der Waals surface area contributed by atoms with E-state index < -0.39 is 34.4 Å².